The van der Waals surface area contributed by atoms with Crippen molar-refractivity contribution in [2.24, 2.45) is 0 Å². The Balaban J connectivity index is 1.94. The lowest BCUT2D eigenvalue weighted by molar-refractivity contribution is -0.121. The number of hydrogen-bond acceptors (Lipinski definition) is 2. The van der Waals surface area contributed by atoms with Gasteiger partial charge in [0.15, 0.2) is 0 Å². The number of carbonyl (C=O) groups is 1. The van der Waals surface area contributed by atoms with Crippen LogP contribution in [0.25, 0.3) is 0 Å². The number of benzene rings is 1. The molecule has 0 aliphatic heterocycles. The highest BCUT2D eigenvalue weighted by Gasteiger charge is 2.19. The van der Waals surface area contributed by atoms with Crippen molar-refractivity contribution in [3.8, 4) is 5.75 Å². The summed E-state index contributed by atoms with van der Waals surface area (Å²) < 4.78 is 18.4. The first-order valence-corrected chi connectivity index (χ1v) is 5.18. The van der Waals surface area contributed by atoms with E-state index in [4.69, 9.17) is 4.74 Å². The Kier molecular flexibility index (Phi) is 2.99. The number of rotatable bonds is 2. The molecule has 1 saturated carbocycles. The molecule has 0 bridgehead atoms. The first-order valence-electron chi connectivity index (χ1n) is 5.18. The van der Waals surface area contributed by atoms with Gasteiger partial charge < -0.3 is 4.74 Å². The van der Waals surface area contributed by atoms with Crippen LogP contribution in [-0.2, 0) is 4.79 Å². The maximum Gasteiger partial charge on any atom is 0.133 e. The largest absolute Gasteiger partial charge is 0.490 e. The minimum absolute atomic E-state index is 0.0597. The molecule has 2 nitrogen and oxygen atoms in total. The van der Waals surface area contributed by atoms with Crippen molar-refractivity contribution in [2.75, 3.05) is 0 Å². The Labute approximate surface area is 88.1 Å². The molecule has 1 aromatic carbocycles. The number of ketones is 1. The Morgan fingerprint density at radius 2 is 2.00 bits per heavy atom. The van der Waals surface area contributed by atoms with E-state index in [0.717, 1.165) is 12.8 Å². The first-order chi connectivity index (χ1) is 7.24. The lowest BCUT2D eigenvalue weighted by atomic mass is 9.96. The third kappa shape index (κ3) is 2.78. The molecule has 1 aliphatic carbocycles. The van der Waals surface area contributed by atoms with Crippen molar-refractivity contribution in [3.63, 3.8) is 0 Å². The minimum atomic E-state index is -0.292. The molecule has 2 rings (SSSR count). The molecule has 0 aromatic heterocycles. The second-order valence-corrected chi connectivity index (χ2v) is 3.81. The van der Waals surface area contributed by atoms with E-state index >= 15 is 0 Å². The molecule has 0 amide bonds. The summed E-state index contributed by atoms with van der Waals surface area (Å²) in [6, 6.07) is 6.12. The van der Waals surface area contributed by atoms with E-state index in [1.54, 1.807) is 12.1 Å². The smallest absolute Gasteiger partial charge is 0.133 e. The number of ether oxygens (including phenoxy) is 1. The van der Waals surface area contributed by atoms with Gasteiger partial charge in [0.25, 0.3) is 0 Å². The predicted octanol–water partition coefficient (Wildman–Crippen LogP) is 2.72. The first kappa shape index (κ1) is 10.1. The van der Waals surface area contributed by atoms with Crippen LogP contribution in [0.2, 0.25) is 0 Å². The second-order valence-electron chi connectivity index (χ2n) is 3.81. The SMILES string of the molecule is O=C1CCC(Oc2cccc(F)c2)CC1. The van der Waals surface area contributed by atoms with Crippen LogP contribution in [-0.4, -0.2) is 11.9 Å². The summed E-state index contributed by atoms with van der Waals surface area (Å²) in [6.45, 7) is 0. The number of carbonyl (C=O) groups excluding carboxylic acids is 1. The number of Topliss-reactive ketones (excluding diaryl/α,β-unsaturated/α-hetero) is 1. The fourth-order valence-corrected chi connectivity index (χ4v) is 1.76. The van der Waals surface area contributed by atoms with Gasteiger partial charge in [-0.3, -0.25) is 4.79 Å². The van der Waals surface area contributed by atoms with Gasteiger partial charge in [-0.05, 0) is 25.0 Å². The van der Waals surface area contributed by atoms with Crippen LogP contribution in [0.5, 0.6) is 5.75 Å². The zero-order valence-corrected chi connectivity index (χ0v) is 8.41. The summed E-state index contributed by atoms with van der Waals surface area (Å²) in [5, 5.41) is 0. The molecule has 0 unspecified atom stereocenters. The average molecular weight is 208 g/mol. The molecule has 3 heteroatoms. The van der Waals surface area contributed by atoms with Crippen LogP contribution >= 0.6 is 0 Å². The lowest BCUT2D eigenvalue weighted by Crippen LogP contribution is -2.23. The summed E-state index contributed by atoms with van der Waals surface area (Å²) in [6.07, 6.45) is 2.72. The van der Waals surface area contributed by atoms with Crippen LogP contribution < -0.4 is 4.74 Å². The minimum Gasteiger partial charge on any atom is -0.490 e. The van der Waals surface area contributed by atoms with Crippen molar-refractivity contribution in [1.82, 2.24) is 0 Å². The fraction of sp³-hybridized carbons (Fsp3) is 0.417. The highest BCUT2D eigenvalue weighted by atomic mass is 19.1. The van der Waals surface area contributed by atoms with Gasteiger partial charge in [0.2, 0.25) is 0 Å². The van der Waals surface area contributed by atoms with Gasteiger partial charge in [0.05, 0.1) is 6.10 Å². The second kappa shape index (κ2) is 4.43. The predicted molar refractivity (Wildman–Crippen MR) is 54.3 cm³/mol. The van der Waals surface area contributed by atoms with E-state index in [-0.39, 0.29) is 11.9 Å². The van der Waals surface area contributed by atoms with E-state index in [0.29, 0.717) is 24.4 Å². The quantitative estimate of drug-likeness (QED) is 0.747. The zero-order valence-electron chi connectivity index (χ0n) is 8.41. The molecular weight excluding hydrogens is 195 g/mol. The molecule has 0 spiro atoms. The molecule has 0 atom stereocenters. The maximum atomic E-state index is 12.8. The molecule has 0 radical (unpaired) electrons. The van der Waals surface area contributed by atoms with Gasteiger partial charge in [0, 0.05) is 18.9 Å². The Morgan fingerprint density at radius 3 is 2.67 bits per heavy atom. The highest BCUT2D eigenvalue weighted by Crippen LogP contribution is 2.22. The highest BCUT2D eigenvalue weighted by molar-refractivity contribution is 5.79. The Bertz CT molecular complexity index is 352. The van der Waals surface area contributed by atoms with Crippen molar-refractivity contribution >= 4 is 5.78 Å². The number of hydrogen-bond donors (Lipinski definition) is 0. The van der Waals surface area contributed by atoms with Crippen LogP contribution in [0.4, 0.5) is 4.39 Å². The van der Waals surface area contributed by atoms with Gasteiger partial charge in [-0.25, -0.2) is 4.39 Å². The summed E-state index contributed by atoms with van der Waals surface area (Å²) in [5.41, 5.74) is 0. The molecule has 0 N–H and O–H groups in total. The van der Waals surface area contributed by atoms with Gasteiger partial charge in [-0.2, -0.15) is 0 Å². The van der Waals surface area contributed by atoms with E-state index < -0.39 is 0 Å². The molecular formula is C12H13FO2. The third-order valence-corrected chi connectivity index (χ3v) is 2.59. The van der Waals surface area contributed by atoms with E-state index in [1.807, 2.05) is 0 Å². The molecule has 15 heavy (non-hydrogen) atoms. The normalized spacial score (nSPS) is 17.8. The molecule has 0 saturated heterocycles. The van der Waals surface area contributed by atoms with Crippen LogP contribution in [0.3, 0.4) is 0 Å². The molecule has 1 aliphatic rings. The number of halogens is 1. The molecule has 1 fully saturated rings. The molecule has 1 aromatic rings. The summed E-state index contributed by atoms with van der Waals surface area (Å²) in [7, 11) is 0. The van der Waals surface area contributed by atoms with Crippen molar-refractivity contribution < 1.29 is 13.9 Å². The molecule has 80 valence electrons. The summed E-state index contributed by atoms with van der Waals surface area (Å²) in [4.78, 5) is 11.0. The van der Waals surface area contributed by atoms with E-state index in [2.05, 4.69) is 0 Å². The van der Waals surface area contributed by atoms with E-state index in [9.17, 15) is 9.18 Å². The van der Waals surface area contributed by atoms with Crippen molar-refractivity contribution in [3.05, 3.63) is 30.1 Å². The average Bonchev–Trinajstić information content (AvgIpc) is 2.22. The summed E-state index contributed by atoms with van der Waals surface area (Å²) in [5.74, 6) is 0.558. The molecule has 0 heterocycles. The summed E-state index contributed by atoms with van der Waals surface area (Å²) >= 11 is 0. The van der Waals surface area contributed by atoms with Gasteiger partial charge in [-0.15, -0.1) is 0 Å². The maximum absolute atomic E-state index is 12.8. The van der Waals surface area contributed by atoms with Crippen molar-refractivity contribution in [2.45, 2.75) is 31.8 Å². The Morgan fingerprint density at radius 1 is 1.27 bits per heavy atom. The topological polar surface area (TPSA) is 26.3 Å². The standard InChI is InChI=1S/C12H13FO2/c13-9-2-1-3-12(8-9)15-11-6-4-10(14)5-7-11/h1-3,8,11H,4-7H2. The fourth-order valence-electron chi connectivity index (χ4n) is 1.76. The van der Waals surface area contributed by atoms with E-state index in [1.165, 1.54) is 12.1 Å². The third-order valence-electron chi connectivity index (χ3n) is 2.59. The van der Waals surface area contributed by atoms with Crippen LogP contribution in [0.1, 0.15) is 25.7 Å². The Hall–Kier alpha value is -1.38. The van der Waals surface area contributed by atoms with Crippen LogP contribution in [0, 0.1) is 5.82 Å². The van der Waals surface area contributed by atoms with Gasteiger partial charge in [0.1, 0.15) is 17.3 Å². The van der Waals surface area contributed by atoms with Crippen molar-refractivity contribution in [1.29, 1.82) is 0 Å². The van der Waals surface area contributed by atoms with Gasteiger partial charge in [-0.1, -0.05) is 6.07 Å². The monoisotopic (exact) mass is 208 g/mol. The van der Waals surface area contributed by atoms with Crippen LogP contribution in [0.15, 0.2) is 24.3 Å². The lowest BCUT2D eigenvalue weighted by Gasteiger charge is -2.22. The van der Waals surface area contributed by atoms with Gasteiger partial charge >= 0.3 is 0 Å². The zero-order chi connectivity index (χ0) is 10.7.